The van der Waals surface area contributed by atoms with Gasteiger partial charge in [0.15, 0.2) is 0 Å². The molecule has 2 N–H and O–H groups in total. The number of phenols is 1. The van der Waals surface area contributed by atoms with Gasteiger partial charge in [0.05, 0.1) is 0 Å². The molecular weight excluding hydrogens is 169 g/mol. The van der Waals surface area contributed by atoms with Crippen LogP contribution in [0.5, 0.6) is 5.75 Å². The Morgan fingerprint density at radius 1 is 1.46 bits per heavy atom. The molecule has 13 heavy (non-hydrogen) atoms. The summed E-state index contributed by atoms with van der Waals surface area (Å²) in [5.41, 5.74) is 0.856. The van der Waals surface area contributed by atoms with Gasteiger partial charge in [0.25, 0.3) is 0 Å². The fourth-order valence-electron chi connectivity index (χ4n) is 1.56. The number of hydrogen-bond acceptors (Lipinski definition) is 2. The molecule has 0 spiro atoms. The SMILES string of the molecule is Oc1cc(F)cc(CC2CCN2)c1. The fourth-order valence-corrected chi connectivity index (χ4v) is 1.56. The standard InChI is InChI=1S/C10H12FNO/c11-8-3-7(5-10(13)6-8)4-9-1-2-12-9/h3,5-6,9,12-13H,1-2,4H2. The summed E-state index contributed by atoms with van der Waals surface area (Å²) in [5.74, 6) is -0.358. The first-order valence-corrected chi connectivity index (χ1v) is 4.46. The summed E-state index contributed by atoms with van der Waals surface area (Å²) >= 11 is 0. The van der Waals surface area contributed by atoms with E-state index in [-0.39, 0.29) is 11.6 Å². The average molecular weight is 181 g/mol. The van der Waals surface area contributed by atoms with E-state index in [9.17, 15) is 4.39 Å². The maximum atomic E-state index is 12.8. The first kappa shape index (κ1) is 8.51. The number of nitrogens with one attached hydrogen (secondary N) is 1. The number of rotatable bonds is 2. The van der Waals surface area contributed by atoms with Crippen molar-refractivity contribution in [1.82, 2.24) is 5.32 Å². The van der Waals surface area contributed by atoms with E-state index in [1.807, 2.05) is 0 Å². The maximum Gasteiger partial charge on any atom is 0.127 e. The highest BCUT2D eigenvalue weighted by atomic mass is 19.1. The van der Waals surface area contributed by atoms with E-state index >= 15 is 0 Å². The van der Waals surface area contributed by atoms with Crippen LogP contribution < -0.4 is 5.32 Å². The van der Waals surface area contributed by atoms with Crippen molar-refractivity contribution in [2.24, 2.45) is 0 Å². The molecule has 2 rings (SSSR count). The molecule has 1 unspecified atom stereocenters. The molecule has 0 amide bonds. The lowest BCUT2D eigenvalue weighted by Gasteiger charge is -2.27. The zero-order valence-corrected chi connectivity index (χ0v) is 7.26. The molecule has 1 fully saturated rings. The van der Waals surface area contributed by atoms with E-state index in [0.717, 1.165) is 31.0 Å². The predicted octanol–water partition coefficient (Wildman–Crippen LogP) is 1.44. The van der Waals surface area contributed by atoms with Crippen LogP contribution in [0.2, 0.25) is 0 Å². The highest BCUT2D eigenvalue weighted by molar-refractivity contribution is 5.29. The van der Waals surface area contributed by atoms with Crippen LogP contribution >= 0.6 is 0 Å². The minimum atomic E-state index is -0.366. The number of hydrogen-bond donors (Lipinski definition) is 2. The number of aromatic hydroxyl groups is 1. The molecule has 0 radical (unpaired) electrons. The van der Waals surface area contributed by atoms with Crippen LogP contribution in [0.15, 0.2) is 18.2 Å². The summed E-state index contributed by atoms with van der Waals surface area (Å²) < 4.78 is 12.8. The Bertz CT molecular complexity index is 290. The molecule has 1 saturated heterocycles. The number of halogens is 1. The Hall–Kier alpha value is -1.09. The van der Waals surface area contributed by atoms with Crippen LogP contribution in [0, 0.1) is 5.82 Å². The normalized spacial score (nSPS) is 21.2. The number of benzene rings is 1. The van der Waals surface area contributed by atoms with E-state index < -0.39 is 0 Å². The molecule has 1 aromatic carbocycles. The smallest absolute Gasteiger partial charge is 0.127 e. The molecule has 0 bridgehead atoms. The Morgan fingerprint density at radius 3 is 2.77 bits per heavy atom. The minimum Gasteiger partial charge on any atom is -0.508 e. The lowest BCUT2D eigenvalue weighted by molar-refractivity contribution is 0.368. The van der Waals surface area contributed by atoms with Crippen molar-refractivity contribution in [3.63, 3.8) is 0 Å². The summed E-state index contributed by atoms with van der Waals surface area (Å²) in [6.45, 7) is 1.05. The Labute approximate surface area is 76.4 Å². The average Bonchev–Trinajstić information content (AvgIpc) is 1.95. The van der Waals surface area contributed by atoms with Gasteiger partial charge in [-0.3, -0.25) is 0 Å². The van der Waals surface area contributed by atoms with Crippen LogP contribution in [-0.4, -0.2) is 17.7 Å². The van der Waals surface area contributed by atoms with Crippen molar-refractivity contribution >= 4 is 0 Å². The molecule has 0 aromatic heterocycles. The molecule has 2 nitrogen and oxygen atoms in total. The van der Waals surface area contributed by atoms with E-state index in [0.29, 0.717) is 6.04 Å². The van der Waals surface area contributed by atoms with Crippen LogP contribution in [-0.2, 0) is 6.42 Å². The molecule has 1 aliphatic rings. The summed E-state index contributed by atoms with van der Waals surface area (Å²) in [5, 5.41) is 12.4. The lowest BCUT2D eigenvalue weighted by atomic mass is 9.98. The third kappa shape index (κ3) is 1.98. The van der Waals surface area contributed by atoms with Crippen LogP contribution in [0.4, 0.5) is 4.39 Å². The second-order valence-corrected chi connectivity index (χ2v) is 3.46. The predicted molar refractivity (Wildman–Crippen MR) is 48.2 cm³/mol. The van der Waals surface area contributed by atoms with E-state index in [2.05, 4.69) is 5.32 Å². The summed E-state index contributed by atoms with van der Waals surface area (Å²) in [7, 11) is 0. The Kier molecular flexibility index (Phi) is 2.19. The second-order valence-electron chi connectivity index (χ2n) is 3.46. The third-order valence-electron chi connectivity index (χ3n) is 2.35. The monoisotopic (exact) mass is 181 g/mol. The Morgan fingerprint density at radius 2 is 2.23 bits per heavy atom. The largest absolute Gasteiger partial charge is 0.508 e. The van der Waals surface area contributed by atoms with Crippen molar-refractivity contribution in [2.45, 2.75) is 18.9 Å². The molecule has 0 saturated carbocycles. The van der Waals surface area contributed by atoms with Gasteiger partial charge in [-0.05, 0) is 37.1 Å². The summed E-state index contributed by atoms with van der Waals surface area (Å²) in [4.78, 5) is 0. The zero-order valence-electron chi connectivity index (χ0n) is 7.26. The highest BCUT2D eigenvalue weighted by Gasteiger charge is 2.16. The highest BCUT2D eigenvalue weighted by Crippen LogP contribution is 2.18. The van der Waals surface area contributed by atoms with Crippen LogP contribution in [0.25, 0.3) is 0 Å². The third-order valence-corrected chi connectivity index (χ3v) is 2.35. The van der Waals surface area contributed by atoms with Crippen molar-refractivity contribution in [3.05, 3.63) is 29.6 Å². The number of phenolic OH excluding ortho intramolecular Hbond substituents is 1. The molecule has 70 valence electrons. The molecule has 0 aliphatic carbocycles. The summed E-state index contributed by atoms with van der Waals surface area (Å²) in [6.07, 6.45) is 1.93. The van der Waals surface area contributed by atoms with Gasteiger partial charge < -0.3 is 10.4 Å². The van der Waals surface area contributed by atoms with Crippen LogP contribution in [0.1, 0.15) is 12.0 Å². The fraction of sp³-hybridized carbons (Fsp3) is 0.400. The van der Waals surface area contributed by atoms with E-state index in [1.54, 1.807) is 6.07 Å². The van der Waals surface area contributed by atoms with Gasteiger partial charge in [-0.25, -0.2) is 4.39 Å². The maximum absolute atomic E-state index is 12.8. The van der Waals surface area contributed by atoms with Gasteiger partial charge >= 0.3 is 0 Å². The van der Waals surface area contributed by atoms with E-state index in [4.69, 9.17) is 5.11 Å². The topological polar surface area (TPSA) is 32.3 Å². The minimum absolute atomic E-state index is 0.00863. The molecule has 3 heteroatoms. The van der Waals surface area contributed by atoms with Gasteiger partial charge in [-0.2, -0.15) is 0 Å². The van der Waals surface area contributed by atoms with Crippen LogP contribution in [0.3, 0.4) is 0 Å². The van der Waals surface area contributed by atoms with Gasteiger partial charge in [-0.1, -0.05) is 0 Å². The first-order chi connectivity index (χ1) is 6.24. The quantitative estimate of drug-likeness (QED) is 0.723. The second kappa shape index (κ2) is 3.34. The Balaban J connectivity index is 2.10. The lowest BCUT2D eigenvalue weighted by Crippen LogP contribution is -2.44. The van der Waals surface area contributed by atoms with Gasteiger partial charge in [-0.15, -0.1) is 0 Å². The van der Waals surface area contributed by atoms with Gasteiger partial charge in [0.1, 0.15) is 11.6 Å². The van der Waals surface area contributed by atoms with Crippen molar-refractivity contribution in [3.8, 4) is 5.75 Å². The van der Waals surface area contributed by atoms with Gasteiger partial charge in [0.2, 0.25) is 0 Å². The van der Waals surface area contributed by atoms with Gasteiger partial charge in [0, 0.05) is 12.1 Å². The molecule has 1 aliphatic heterocycles. The first-order valence-electron chi connectivity index (χ1n) is 4.46. The molecule has 1 atom stereocenters. The molecule has 1 aromatic rings. The molecular formula is C10H12FNO. The molecule has 1 heterocycles. The summed E-state index contributed by atoms with van der Waals surface area (Å²) in [6, 6.07) is 4.67. The zero-order chi connectivity index (χ0) is 9.26. The van der Waals surface area contributed by atoms with E-state index in [1.165, 1.54) is 6.07 Å². The van der Waals surface area contributed by atoms with Crippen molar-refractivity contribution in [2.75, 3.05) is 6.54 Å². The van der Waals surface area contributed by atoms with Crippen molar-refractivity contribution < 1.29 is 9.50 Å². The van der Waals surface area contributed by atoms with Crippen molar-refractivity contribution in [1.29, 1.82) is 0 Å².